The first-order valence-electron chi connectivity index (χ1n) is 7.01. The highest BCUT2D eigenvalue weighted by atomic mass is 16.3. The summed E-state index contributed by atoms with van der Waals surface area (Å²) < 4.78 is 0. The van der Waals surface area contributed by atoms with Crippen LogP contribution in [-0.4, -0.2) is 10.7 Å². The summed E-state index contributed by atoms with van der Waals surface area (Å²) in [7, 11) is 0. The molecule has 0 aromatic rings. The summed E-state index contributed by atoms with van der Waals surface area (Å²) in [6.45, 7) is 9.51. The third-order valence-electron chi connectivity index (χ3n) is 6.25. The normalized spacial score (nSPS) is 58.7. The summed E-state index contributed by atoms with van der Waals surface area (Å²) in [5.41, 5.74) is 0.372. The molecule has 3 saturated carbocycles. The van der Waals surface area contributed by atoms with Crippen LogP contribution in [0, 0.1) is 28.6 Å². The Bertz CT molecular complexity index is 321. The van der Waals surface area contributed by atoms with Crippen LogP contribution >= 0.6 is 0 Å². The summed E-state index contributed by atoms with van der Waals surface area (Å²) in [6, 6.07) is 0. The zero-order valence-electron chi connectivity index (χ0n) is 11.2. The van der Waals surface area contributed by atoms with Gasteiger partial charge in [0, 0.05) is 0 Å². The second kappa shape index (κ2) is 2.85. The molecule has 0 saturated heterocycles. The smallest absolute Gasteiger partial charge is 0.0734 e. The van der Waals surface area contributed by atoms with Gasteiger partial charge in [-0.25, -0.2) is 0 Å². The molecule has 0 aromatic carbocycles. The molecule has 1 heteroatoms. The molecule has 0 radical (unpaired) electrons. The third-order valence-corrected chi connectivity index (χ3v) is 6.25. The first-order chi connectivity index (χ1) is 7.29. The molecule has 92 valence electrons. The van der Waals surface area contributed by atoms with E-state index in [2.05, 4.69) is 27.7 Å². The molecule has 0 spiro atoms. The van der Waals surface area contributed by atoms with E-state index in [4.69, 9.17) is 0 Å². The summed E-state index contributed by atoms with van der Waals surface area (Å²) in [6.07, 6.45) is 6.13. The number of hydrogen-bond acceptors (Lipinski definition) is 1. The van der Waals surface area contributed by atoms with E-state index in [0.717, 1.165) is 18.3 Å². The van der Waals surface area contributed by atoms with Gasteiger partial charge in [-0.3, -0.25) is 0 Å². The minimum atomic E-state index is -0.329. The Labute approximate surface area is 99.6 Å². The number of fused-ring (bicyclic) bond motifs is 3. The van der Waals surface area contributed by atoms with Crippen LogP contribution in [0.3, 0.4) is 0 Å². The molecular weight excluding hydrogens is 196 g/mol. The maximum absolute atomic E-state index is 11.2. The molecule has 3 fully saturated rings. The van der Waals surface area contributed by atoms with Gasteiger partial charge in [0.15, 0.2) is 0 Å². The molecule has 0 bridgehead atoms. The van der Waals surface area contributed by atoms with Crippen molar-refractivity contribution in [2.75, 3.05) is 0 Å². The van der Waals surface area contributed by atoms with Gasteiger partial charge in [-0.2, -0.15) is 0 Å². The van der Waals surface area contributed by atoms with Crippen molar-refractivity contribution in [3.8, 4) is 0 Å². The van der Waals surface area contributed by atoms with Crippen LogP contribution in [0.1, 0.15) is 59.8 Å². The summed E-state index contributed by atoms with van der Waals surface area (Å²) in [5.74, 6) is 2.07. The topological polar surface area (TPSA) is 20.2 Å². The van der Waals surface area contributed by atoms with Crippen LogP contribution in [0.25, 0.3) is 0 Å². The van der Waals surface area contributed by atoms with Crippen molar-refractivity contribution >= 4 is 0 Å². The monoisotopic (exact) mass is 222 g/mol. The second-order valence-corrected chi connectivity index (χ2v) is 7.94. The predicted octanol–water partition coefficient (Wildman–Crippen LogP) is 3.61. The van der Waals surface area contributed by atoms with E-state index >= 15 is 0 Å². The van der Waals surface area contributed by atoms with Gasteiger partial charge in [0.05, 0.1) is 5.60 Å². The Morgan fingerprint density at radius 3 is 2.44 bits per heavy atom. The van der Waals surface area contributed by atoms with Gasteiger partial charge < -0.3 is 5.11 Å². The van der Waals surface area contributed by atoms with Crippen LogP contribution in [-0.2, 0) is 0 Å². The first kappa shape index (κ1) is 11.1. The van der Waals surface area contributed by atoms with E-state index in [1.807, 2.05) is 0 Å². The maximum Gasteiger partial charge on any atom is 0.0734 e. The second-order valence-electron chi connectivity index (χ2n) is 7.94. The molecule has 0 heterocycles. The fraction of sp³-hybridized carbons (Fsp3) is 1.00. The molecule has 0 unspecified atom stereocenters. The highest BCUT2D eigenvalue weighted by molar-refractivity contribution is 5.19. The molecule has 3 aliphatic carbocycles. The Morgan fingerprint density at radius 2 is 1.75 bits per heavy atom. The molecule has 16 heavy (non-hydrogen) atoms. The van der Waals surface area contributed by atoms with Gasteiger partial charge in [0.1, 0.15) is 0 Å². The van der Waals surface area contributed by atoms with E-state index in [0.29, 0.717) is 11.3 Å². The zero-order chi connectivity index (χ0) is 11.8. The summed E-state index contributed by atoms with van der Waals surface area (Å²) >= 11 is 0. The van der Waals surface area contributed by atoms with Gasteiger partial charge in [0.25, 0.3) is 0 Å². The standard InChI is InChI=1S/C15H26O/c1-10-5-6-15(16)12(10)9-13(2,3)7-11-8-14(11,15)4/h10-12,16H,5-9H2,1-4H3/t10-,11-,12-,14-,15+/m1/s1. The van der Waals surface area contributed by atoms with Crippen molar-refractivity contribution in [2.24, 2.45) is 28.6 Å². The van der Waals surface area contributed by atoms with Crippen molar-refractivity contribution in [2.45, 2.75) is 65.4 Å². The minimum Gasteiger partial charge on any atom is -0.389 e. The van der Waals surface area contributed by atoms with Gasteiger partial charge in [-0.05, 0) is 60.7 Å². The number of aliphatic hydroxyl groups is 1. The van der Waals surface area contributed by atoms with Gasteiger partial charge in [-0.15, -0.1) is 0 Å². The largest absolute Gasteiger partial charge is 0.389 e. The lowest BCUT2D eigenvalue weighted by molar-refractivity contribution is -0.0717. The number of rotatable bonds is 0. The van der Waals surface area contributed by atoms with Crippen LogP contribution in [0.5, 0.6) is 0 Å². The average molecular weight is 222 g/mol. The van der Waals surface area contributed by atoms with Crippen molar-refractivity contribution in [3.63, 3.8) is 0 Å². The lowest BCUT2D eigenvalue weighted by Gasteiger charge is -2.39. The van der Waals surface area contributed by atoms with Crippen LogP contribution < -0.4 is 0 Å². The average Bonchev–Trinajstić information content (AvgIpc) is 2.73. The van der Waals surface area contributed by atoms with Crippen molar-refractivity contribution in [3.05, 3.63) is 0 Å². The molecule has 0 amide bonds. The molecule has 0 aliphatic heterocycles. The Kier molecular flexibility index (Phi) is 1.98. The summed E-state index contributed by atoms with van der Waals surface area (Å²) in [4.78, 5) is 0. The number of hydrogen-bond donors (Lipinski definition) is 1. The fourth-order valence-corrected chi connectivity index (χ4v) is 5.01. The molecule has 0 aromatic heterocycles. The van der Waals surface area contributed by atoms with Gasteiger partial charge >= 0.3 is 0 Å². The lowest BCUT2D eigenvalue weighted by Crippen LogP contribution is -2.43. The van der Waals surface area contributed by atoms with E-state index < -0.39 is 0 Å². The predicted molar refractivity (Wildman–Crippen MR) is 66.1 cm³/mol. The van der Waals surface area contributed by atoms with E-state index in [1.165, 1.54) is 25.7 Å². The van der Waals surface area contributed by atoms with Crippen molar-refractivity contribution in [1.29, 1.82) is 0 Å². The van der Waals surface area contributed by atoms with Crippen LogP contribution in [0.4, 0.5) is 0 Å². The van der Waals surface area contributed by atoms with Crippen LogP contribution in [0.2, 0.25) is 0 Å². The highest BCUT2D eigenvalue weighted by Gasteiger charge is 2.69. The summed E-state index contributed by atoms with van der Waals surface area (Å²) in [5, 5.41) is 11.2. The first-order valence-corrected chi connectivity index (χ1v) is 7.01. The molecule has 1 nitrogen and oxygen atoms in total. The Morgan fingerprint density at radius 1 is 1.06 bits per heavy atom. The SMILES string of the molecule is C[C@@H]1CC[C@]2(O)[C@@H]1CC(C)(C)C[C@@H]1C[C@]12C. The van der Waals surface area contributed by atoms with E-state index in [1.54, 1.807) is 0 Å². The third kappa shape index (κ3) is 1.21. The fourth-order valence-electron chi connectivity index (χ4n) is 5.01. The molecule has 3 rings (SSSR count). The molecular formula is C15H26O. The minimum absolute atomic E-state index is 0.260. The van der Waals surface area contributed by atoms with Crippen molar-refractivity contribution in [1.82, 2.24) is 0 Å². The zero-order valence-corrected chi connectivity index (χ0v) is 11.2. The van der Waals surface area contributed by atoms with E-state index in [-0.39, 0.29) is 11.0 Å². The van der Waals surface area contributed by atoms with Gasteiger partial charge in [0.2, 0.25) is 0 Å². The molecule has 5 atom stereocenters. The lowest BCUT2D eigenvalue weighted by atomic mass is 9.71. The highest BCUT2D eigenvalue weighted by Crippen LogP contribution is 2.71. The molecule has 3 aliphatic rings. The van der Waals surface area contributed by atoms with Crippen LogP contribution in [0.15, 0.2) is 0 Å². The molecule has 1 N–H and O–H groups in total. The quantitative estimate of drug-likeness (QED) is 0.664. The van der Waals surface area contributed by atoms with Gasteiger partial charge in [-0.1, -0.05) is 27.7 Å². The Balaban J connectivity index is 2.01. The van der Waals surface area contributed by atoms with E-state index in [9.17, 15) is 5.11 Å². The maximum atomic E-state index is 11.2. The Hall–Kier alpha value is -0.0400. The van der Waals surface area contributed by atoms with Crippen molar-refractivity contribution < 1.29 is 5.11 Å².